The summed E-state index contributed by atoms with van der Waals surface area (Å²) in [6, 6.07) is 19.2. The summed E-state index contributed by atoms with van der Waals surface area (Å²) in [6.07, 6.45) is 4.50. The quantitative estimate of drug-likeness (QED) is 0.158. The molecule has 0 atom stereocenters. The molecule has 198 valence electrons. The third-order valence-corrected chi connectivity index (χ3v) is 9.32. The van der Waals surface area contributed by atoms with Gasteiger partial charge in [0.1, 0.15) is 4.32 Å². The average molecular weight is 595 g/mol. The van der Waals surface area contributed by atoms with Gasteiger partial charge in [-0.25, -0.2) is 0 Å². The van der Waals surface area contributed by atoms with Gasteiger partial charge in [0.25, 0.3) is 5.91 Å². The smallest absolute Gasteiger partial charge is 0.266 e. The number of carbonyl (C=O) groups is 2. The highest BCUT2D eigenvalue weighted by atomic mass is 35.5. The van der Waals surface area contributed by atoms with Gasteiger partial charge < -0.3 is 9.47 Å². The molecule has 0 aromatic heterocycles. The first-order valence-electron chi connectivity index (χ1n) is 12.5. The largest absolute Gasteiger partial charge is 0.454 e. The van der Waals surface area contributed by atoms with E-state index in [4.69, 9.17) is 33.3 Å². The van der Waals surface area contributed by atoms with Gasteiger partial charge in [-0.1, -0.05) is 72.0 Å². The Morgan fingerprint density at radius 3 is 2.67 bits per heavy atom. The Kier molecular flexibility index (Phi) is 7.57. The number of hydrogen-bond donors (Lipinski definition) is 0. The number of ether oxygens (including phenoxy) is 2. The van der Waals surface area contributed by atoms with E-state index in [0.717, 1.165) is 39.6 Å². The van der Waals surface area contributed by atoms with Crippen LogP contribution in [0.15, 0.2) is 75.4 Å². The van der Waals surface area contributed by atoms with Crippen LogP contribution in [0.3, 0.4) is 0 Å². The summed E-state index contributed by atoms with van der Waals surface area (Å²) < 4.78 is 11.3. The van der Waals surface area contributed by atoms with Crippen LogP contribution in [0.5, 0.6) is 11.5 Å². The zero-order valence-corrected chi connectivity index (χ0v) is 23.9. The summed E-state index contributed by atoms with van der Waals surface area (Å²) in [5, 5.41) is 0.600. The molecule has 0 bridgehead atoms. The predicted molar refractivity (Wildman–Crippen MR) is 160 cm³/mol. The Morgan fingerprint density at radius 1 is 0.949 bits per heavy atom. The van der Waals surface area contributed by atoms with Crippen molar-refractivity contribution >= 4 is 80.9 Å². The van der Waals surface area contributed by atoms with Crippen LogP contribution in [0.25, 0.3) is 6.08 Å². The number of benzene rings is 3. The van der Waals surface area contributed by atoms with Gasteiger partial charge in [0.15, 0.2) is 11.5 Å². The van der Waals surface area contributed by atoms with Crippen molar-refractivity contribution in [1.82, 2.24) is 4.90 Å². The summed E-state index contributed by atoms with van der Waals surface area (Å²) >= 11 is 14.7. The molecule has 39 heavy (non-hydrogen) atoms. The molecule has 1 fully saturated rings. The molecule has 3 aromatic carbocycles. The van der Waals surface area contributed by atoms with Crippen LogP contribution in [-0.4, -0.2) is 34.4 Å². The van der Waals surface area contributed by atoms with Gasteiger partial charge in [-0.2, -0.15) is 0 Å². The number of hydrogen-bond acceptors (Lipinski definition) is 7. The van der Waals surface area contributed by atoms with Gasteiger partial charge in [-0.3, -0.25) is 19.4 Å². The number of rotatable bonds is 7. The molecular weight excluding hydrogens is 572 g/mol. The van der Waals surface area contributed by atoms with Crippen LogP contribution in [0.2, 0.25) is 5.02 Å². The summed E-state index contributed by atoms with van der Waals surface area (Å²) in [7, 11) is 0. The van der Waals surface area contributed by atoms with Crippen molar-refractivity contribution in [2.75, 3.05) is 18.2 Å². The Labute approximate surface area is 245 Å². The highest BCUT2D eigenvalue weighted by Crippen LogP contribution is 2.49. The van der Waals surface area contributed by atoms with Crippen molar-refractivity contribution in [3.05, 3.63) is 76.2 Å². The zero-order valence-electron chi connectivity index (χ0n) is 20.7. The second-order valence-electron chi connectivity index (χ2n) is 9.17. The van der Waals surface area contributed by atoms with Gasteiger partial charge >= 0.3 is 0 Å². The van der Waals surface area contributed by atoms with Crippen LogP contribution in [0.4, 0.5) is 11.4 Å². The van der Waals surface area contributed by atoms with E-state index in [1.54, 1.807) is 21.6 Å². The molecule has 1 saturated heterocycles. The molecular formula is C29H23ClN2O4S3. The highest BCUT2D eigenvalue weighted by molar-refractivity contribution is 8.26. The molecule has 0 aliphatic carbocycles. The lowest BCUT2D eigenvalue weighted by Crippen LogP contribution is -2.29. The van der Waals surface area contributed by atoms with Crippen LogP contribution < -0.4 is 14.4 Å². The first kappa shape index (κ1) is 26.3. The molecule has 6 rings (SSSR count). The highest BCUT2D eigenvalue weighted by Gasteiger charge is 2.32. The fourth-order valence-corrected chi connectivity index (χ4v) is 7.19. The Hall–Kier alpha value is -2.98. The number of anilines is 2. The van der Waals surface area contributed by atoms with Gasteiger partial charge in [0.2, 0.25) is 12.7 Å². The van der Waals surface area contributed by atoms with Crippen LogP contribution in [-0.2, 0) is 9.59 Å². The van der Waals surface area contributed by atoms with Crippen LogP contribution in [0, 0.1) is 0 Å². The number of thioether (sulfide) groups is 1. The predicted octanol–water partition coefficient (Wildman–Crippen LogP) is 7.66. The van der Waals surface area contributed by atoms with E-state index in [0.29, 0.717) is 45.1 Å². The maximum absolute atomic E-state index is 13.4. The normalized spacial score (nSPS) is 16.6. The molecule has 3 heterocycles. The summed E-state index contributed by atoms with van der Waals surface area (Å²) in [5.41, 5.74) is 2.57. The fourth-order valence-electron chi connectivity index (χ4n) is 4.68. The summed E-state index contributed by atoms with van der Waals surface area (Å²) in [4.78, 5) is 32.5. The maximum atomic E-state index is 13.4. The topological polar surface area (TPSA) is 59.1 Å². The minimum absolute atomic E-state index is 0.0311. The summed E-state index contributed by atoms with van der Waals surface area (Å²) in [6.45, 7) is 0.734. The number of amides is 2. The number of carbonyl (C=O) groups excluding carboxylic acids is 2. The van der Waals surface area contributed by atoms with Gasteiger partial charge in [0, 0.05) is 27.8 Å². The second-order valence-corrected chi connectivity index (χ2v) is 12.4. The van der Waals surface area contributed by atoms with Crippen molar-refractivity contribution < 1.29 is 19.1 Å². The van der Waals surface area contributed by atoms with Crippen molar-refractivity contribution in [2.45, 2.75) is 35.5 Å². The number of thiocarbonyl (C=S) groups is 1. The van der Waals surface area contributed by atoms with Gasteiger partial charge in [-0.05, 0) is 66.9 Å². The van der Waals surface area contributed by atoms with E-state index in [1.807, 2.05) is 66.7 Å². The third-order valence-electron chi connectivity index (χ3n) is 6.58. The first-order chi connectivity index (χ1) is 19.0. The minimum atomic E-state index is -0.0883. The number of unbranched alkanes of at least 4 members (excludes halogenated alkanes) is 2. The van der Waals surface area contributed by atoms with E-state index in [9.17, 15) is 9.59 Å². The molecule has 0 radical (unpaired) electrons. The molecule has 2 amide bonds. The number of nitrogens with zero attached hydrogens (tertiary/aromatic N) is 2. The number of para-hydroxylation sites is 1. The Bertz CT molecular complexity index is 1530. The molecule has 0 spiro atoms. The van der Waals surface area contributed by atoms with E-state index in [2.05, 4.69) is 0 Å². The Balaban J connectivity index is 1.04. The monoisotopic (exact) mass is 594 g/mol. The lowest BCUT2D eigenvalue weighted by atomic mass is 10.1. The molecule has 3 aromatic rings. The van der Waals surface area contributed by atoms with E-state index in [-0.39, 0.29) is 18.6 Å². The van der Waals surface area contributed by atoms with Crippen LogP contribution in [0.1, 0.15) is 31.2 Å². The molecule has 10 heteroatoms. The van der Waals surface area contributed by atoms with Gasteiger partial charge in [0.05, 0.1) is 16.3 Å². The third kappa shape index (κ3) is 5.41. The standard InChI is InChI=1S/C29H23ClN2O4S3/c30-19-10-12-25-21(16-19)32(20-6-3-4-7-24(20)38-25)27(33)8-2-1-5-13-31-28(34)26(39-29(31)37)15-18-9-11-22-23(14-18)36-17-35-22/h3-4,6-7,9-12,14-16H,1-2,5,8,13,17H2/b26-15-. The molecule has 3 aliphatic heterocycles. The summed E-state index contributed by atoms with van der Waals surface area (Å²) in [5.74, 6) is 1.32. The zero-order chi connectivity index (χ0) is 26.9. The van der Waals surface area contributed by atoms with Crippen molar-refractivity contribution in [2.24, 2.45) is 0 Å². The molecule has 0 N–H and O–H groups in total. The molecule has 3 aliphatic rings. The number of fused-ring (bicyclic) bond motifs is 3. The maximum Gasteiger partial charge on any atom is 0.266 e. The minimum Gasteiger partial charge on any atom is -0.454 e. The van der Waals surface area contributed by atoms with Crippen molar-refractivity contribution in [3.63, 3.8) is 0 Å². The molecule has 0 unspecified atom stereocenters. The molecule has 0 saturated carbocycles. The van der Waals surface area contributed by atoms with E-state index >= 15 is 0 Å². The second kappa shape index (κ2) is 11.3. The fraction of sp³-hybridized carbons (Fsp3) is 0.207. The van der Waals surface area contributed by atoms with Crippen LogP contribution >= 0.6 is 47.3 Å². The lowest BCUT2D eigenvalue weighted by Gasteiger charge is -2.31. The first-order valence-corrected chi connectivity index (χ1v) is 14.9. The Morgan fingerprint density at radius 2 is 1.77 bits per heavy atom. The number of halogens is 1. The average Bonchev–Trinajstić information content (AvgIpc) is 3.50. The van der Waals surface area contributed by atoms with E-state index < -0.39 is 0 Å². The van der Waals surface area contributed by atoms with Crippen molar-refractivity contribution in [1.29, 1.82) is 0 Å². The molecule has 6 nitrogen and oxygen atoms in total. The van der Waals surface area contributed by atoms with E-state index in [1.165, 1.54) is 11.8 Å². The van der Waals surface area contributed by atoms with Gasteiger partial charge in [-0.15, -0.1) is 0 Å². The van der Waals surface area contributed by atoms with Crippen molar-refractivity contribution in [3.8, 4) is 11.5 Å². The lowest BCUT2D eigenvalue weighted by molar-refractivity contribution is -0.122. The SMILES string of the molecule is O=C1/C(=C/c2ccc3c(c2)OCO3)SC(=S)N1CCCCCC(=O)N1c2ccccc2Sc2ccc(Cl)cc21.